The molecule has 0 aromatic rings. The molecule has 1 heteroatoms. The van der Waals surface area contributed by atoms with Crippen LogP contribution in [0.4, 0.5) is 0 Å². The fourth-order valence-corrected chi connectivity index (χ4v) is 0.850. The Kier molecular flexibility index (Phi) is 4.02. The van der Waals surface area contributed by atoms with Crippen LogP contribution >= 0.6 is 0 Å². The van der Waals surface area contributed by atoms with Gasteiger partial charge < -0.3 is 4.79 Å². The van der Waals surface area contributed by atoms with Gasteiger partial charge in [-0.1, -0.05) is 19.1 Å². The number of carbonyl (C=O) groups is 1. The Morgan fingerprint density at radius 2 is 2.22 bits per heavy atom. The molecule has 0 aromatic carbocycles. The summed E-state index contributed by atoms with van der Waals surface area (Å²) in [5, 5.41) is 0. The molecule has 52 valence electrons. The first kappa shape index (κ1) is 8.41. The Balaban J connectivity index is 3.50. The summed E-state index contributed by atoms with van der Waals surface area (Å²) in [6.45, 7) is 5.64. The van der Waals surface area contributed by atoms with Gasteiger partial charge in [0.15, 0.2) is 0 Å². The van der Waals surface area contributed by atoms with Crippen molar-refractivity contribution in [3.63, 3.8) is 0 Å². The molecule has 0 aliphatic carbocycles. The largest absolute Gasteiger partial charge is 0.300 e. The fourth-order valence-electron chi connectivity index (χ4n) is 0.850. The molecule has 0 heterocycles. The third-order valence-electron chi connectivity index (χ3n) is 1.13. The van der Waals surface area contributed by atoms with Crippen LogP contribution in [0, 0.1) is 5.92 Å². The first-order valence-corrected chi connectivity index (χ1v) is 3.29. The van der Waals surface area contributed by atoms with E-state index in [4.69, 9.17) is 0 Å². The normalized spacial score (nSPS) is 14.1. The molecule has 1 unspecified atom stereocenters. The van der Waals surface area contributed by atoms with E-state index in [9.17, 15) is 4.79 Å². The molecule has 0 amide bonds. The summed E-state index contributed by atoms with van der Waals surface area (Å²) in [5.74, 6) is 0.674. The number of allylic oxidation sites excluding steroid dienone is 2. The summed E-state index contributed by atoms with van der Waals surface area (Å²) in [4.78, 5) is 10.5. The van der Waals surface area contributed by atoms with Gasteiger partial charge in [0.25, 0.3) is 0 Å². The fraction of sp³-hybridized carbons (Fsp3) is 0.625. The number of rotatable bonds is 3. The van der Waals surface area contributed by atoms with Crippen LogP contribution in [-0.2, 0) is 4.79 Å². The highest BCUT2D eigenvalue weighted by Crippen LogP contribution is 2.02. The third-order valence-corrected chi connectivity index (χ3v) is 1.13. The van der Waals surface area contributed by atoms with Gasteiger partial charge in [0.2, 0.25) is 0 Å². The van der Waals surface area contributed by atoms with Crippen molar-refractivity contribution >= 4 is 5.78 Å². The molecule has 9 heavy (non-hydrogen) atoms. The number of hydrogen-bond acceptors (Lipinski definition) is 1. The highest BCUT2D eigenvalue weighted by Gasteiger charge is 1.98. The van der Waals surface area contributed by atoms with Crippen LogP contribution in [0.3, 0.4) is 0 Å². The smallest absolute Gasteiger partial charge is 0.130 e. The highest BCUT2D eigenvalue weighted by atomic mass is 16.1. The van der Waals surface area contributed by atoms with Crippen molar-refractivity contribution in [2.45, 2.75) is 27.2 Å². The second-order valence-corrected chi connectivity index (χ2v) is 2.41. The highest BCUT2D eigenvalue weighted by molar-refractivity contribution is 5.75. The molecule has 0 aromatic heterocycles. The molecule has 1 nitrogen and oxygen atoms in total. The Hall–Kier alpha value is -0.590. The molecule has 0 fully saturated rings. The van der Waals surface area contributed by atoms with Crippen molar-refractivity contribution in [3.8, 4) is 0 Å². The maximum atomic E-state index is 10.5. The molecule has 0 N–H and O–H groups in total. The van der Waals surface area contributed by atoms with E-state index < -0.39 is 0 Å². The zero-order chi connectivity index (χ0) is 7.28. The van der Waals surface area contributed by atoms with Crippen LogP contribution in [0.1, 0.15) is 27.2 Å². The summed E-state index contributed by atoms with van der Waals surface area (Å²) in [6, 6.07) is 0. The molecule has 0 saturated heterocycles. The average molecular weight is 126 g/mol. The van der Waals surface area contributed by atoms with Gasteiger partial charge in [0.1, 0.15) is 5.78 Å². The molecule has 0 radical (unpaired) electrons. The lowest BCUT2D eigenvalue weighted by Crippen LogP contribution is -1.97. The number of carbonyl (C=O) groups excluding carboxylic acids is 1. The lowest BCUT2D eigenvalue weighted by Gasteiger charge is -1.99. The lowest BCUT2D eigenvalue weighted by molar-refractivity contribution is -0.117. The molecule has 1 atom stereocenters. The second-order valence-electron chi connectivity index (χ2n) is 2.41. The summed E-state index contributed by atoms with van der Waals surface area (Å²) >= 11 is 0. The number of Topliss-reactive ketones (excluding diaryl/α,β-unsaturated/α-hetero) is 1. The van der Waals surface area contributed by atoms with E-state index in [0.717, 1.165) is 0 Å². The minimum Gasteiger partial charge on any atom is -0.300 e. The summed E-state index contributed by atoms with van der Waals surface area (Å²) in [6.07, 6.45) is 4.69. The first-order chi connectivity index (χ1) is 4.16. The van der Waals surface area contributed by atoms with Crippen molar-refractivity contribution in [1.29, 1.82) is 0 Å². The molecule has 0 rings (SSSR count). The van der Waals surface area contributed by atoms with Crippen LogP contribution in [0.5, 0.6) is 0 Å². The molecular formula is C8H14O. The Morgan fingerprint density at radius 1 is 1.67 bits per heavy atom. The number of ketones is 1. The summed E-state index contributed by atoms with van der Waals surface area (Å²) in [5.41, 5.74) is 0. The molecule has 0 spiro atoms. The quantitative estimate of drug-likeness (QED) is 0.530. The van der Waals surface area contributed by atoms with Gasteiger partial charge in [0, 0.05) is 6.42 Å². The zero-order valence-corrected chi connectivity index (χ0v) is 6.35. The maximum Gasteiger partial charge on any atom is 0.130 e. The Bertz CT molecular complexity index is 114. The SMILES string of the molecule is C/C=C\C(C)CC(C)=O. The van der Waals surface area contributed by atoms with Gasteiger partial charge in [0.05, 0.1) is 0 Å². The van der Waals surface area contributed by atoms with Gasteiger partial charge in [-0.3, -0.25) is 0 Å². The van der Waals surface area contributed by atoms with Crippen molar-refractivity contribution < 1.29 is 4.79 Å². The molecular weight excluding hydrogens is 112 g/mol. The standard InChI is InChI=1S/C8H14O/c1-4-5-7(2)6-8(3)9/h4-5,7H,6H2,1-3H3/b5-4-. The first-order valence-electron chi connectivity index (χ1n) is 3.29. The van der Waals surface area contributed by atoms with Gasteiger partial charge >= 0.3 is 0 Å². The van der Waals surface area contributed by atoms with Gasteiger partial charge in [-0.05, 0) is 19.8 Å². The molecule has 0 saturated carbocycles. The van der Waals surface area contributed by atoms with Crippen LogP contribution in [0.2, 0.25) is 0 Å². The van der Waals surface area contributed by atoms with Gasteiger partial charge in [-0.2, -0.15) is 0 Å². The summed E-state index contributed by atoms with van der Waals surface area (Å²) < 4.78 is 0. The van der Waals surface area contributed by atoms with Crippen LogP contribution in [0.25, 0.3) is 0 Å². The van der Waals surface area contributed by atoms with Crippen LogP contribution in [-0.4, -0.2) is 5.78 Å². The number of hydrogen-bond donors (Lipinski definition) is 0. The van der Waals surface area contributed by atoms with E-state index >= 15 is 0 Å². The van der Waals surface area contributed by atoms with E-state index in [1.54, 1.807) is 6.92 Å². The van der Waals surface area contributed by atoms with Crippen LogP contribution < -0.4 is 0 Å². The van der Waals surface area contributed by atoms with Crippen molar-refractivity contribution in [3.05, 3.63) is 12.2 Å². The molecule has 0 aliphatic rings. The molecule has 0 aliphatic heterocycles. The lowest BCUT2D eigenvalue weighted by atomic mass is 10.1. The minimum atomic E-state index is 0.264. The van der Waals surface area contributed by atoms with Crippen molar-refractivity contribution in [2.24, 2.45) is 5.92 Å². The zero-order valence-electron chi connectivity index (χ0n) is 6.35. The van der Waals surface area contributed by atoms with Crippen LogP contribution in [0.15, 0.2) is 12.2 Å². The minimum absolute atomic E-state index is 0.264. The second kappa shape index (κ2) is 4.30. The van der Waals surface area contributed by atoms with Gasteiger partial charge in [-0.15, -0.1) is 0 Å². The Labute approximate surface area is 56.8 Å². The van der Waals surface area contributed by atoms with E-state index in [1.165, 1.54) is 0 Å². The van der Waals surface area contributed by atoms with E-state index in [2.05, 4.69) is 0 Å². The monoisotopic (exact) mass is 126 g/mol. The van der Waals surface area contributed by atoms with E-state index in [0.29, 0.717) is 12.3 Å². The van der Waals surface area contributed by atoms with Crippen molar-refractivity contribution in [1.82, 2.24) is 0 Å². The Morgan fingerprint density at radius 3 is 2.56 bits per heavy atom. The predicted octanol–water partition coefficient (Wildman–Crippen LogP) is 2.18. The summed E-state index contributed by atoms with van der Waals surface area (Å²) in [7, 11) is 0. The topological polar surface area (TPSA) is 17.1 Å². The average Bonchev–Trinajstić information content (AvgIpc) is 1.63. The van der Waals surface area contributed by atoms with E-state index in [-0.39, 0.29) is 5.78 Å². The van der Waals surface area contributed by atoms with E-state index in [1.807, 2.05) is 26.0 Å². The maximum absolute atomic E-state index is 10.5. The predicted molar refractivity (Wildman–Crippen MR) is 39.3 cm³/mol. The third kappa shape index (κ3) is 5.28. The van der Waals surface area contributed by atoms with Crippen molar-refractivity contribution in [2.75, 3.05) is 0 Å². The van der Waals surface area contributed by atoms with Gasteiger partial charge in [-0.25, -0.2) is 0 Å². The molecule has 0 bridgehead atoms.